The fraction of sp³-hybridized carbons (Fsp3) is 0.571. The molecule has 1 aromatic heterocycles. The van der Waals surface area contributed by atoms with Crippen LogP contribution in [0.3, 0.4) is 0 Å². The molecule has 0 bridgehead atoms. The Morgan fingerprint density at radius 3 is 2.91 bits per heavy atom. The molecule has 7 nitrogen and oxygen atoms in total. The Morgan fingerprint density at radius 2 is 2.23 bits per heavy atom. The molecule has 2 aliphatic heterocycles. The first kappa shape index (κ1) is 15.4. The molecule has 2 aliphatic rings. The molecule has 3 heterocycles. The molecular weight excluding hydrogens is 304 g/mol. The Morgan fingerprint density at radius 1 is 1.41 bits per heavy atom. The lowest BCUT2D eigenvalue weighted by atomic mass is 10.0. The fourth-order valence-corrected chi connectivity index (χ4v) is 4.48. The lowest BCUT2D eigenvalue weighted by molar-refractivity contribution is 0.0704. The highest BCUT2D eigenvalue weighted by molar-refractivity contribution is 7.91. The van der Waals surface area contributed by atoms with Gasteiger partial charge in [-0.1, -0.05) is 6.07 Å². The summed E-state index contributed by atoms with van der Waals surface area (Å²) < 4.78 is 23.9. The monoisotopic (exact) mass is 324 g/mol. The van der Waals surface area contributed by atoms with E-state index in [0.29, 0.717) is 18.8 Å². The van der Waals surface area contributed by atoms with Crippen LogP contribution < -0.4 is 10.9 Å². The number of sulfone groups is 1. The highest BCUT2D eigenvalue weighted by Gasteiger charge is 2.45. The Hall–Kier alpha value is -1.51. The lowest BCUT2D eigenvalue weighted by Crippen LogP contribution is -2.53. The molecule has 22 heavy (non-hydrogen) atoms. The normalized spacial score (nSPS) is 29.0. The second-order valence-corrected chi connectivity index (χ2v) is 8.11. The van der Waals surface area contributed by atoms with Gasteiger partial charge in [-0.25, -0.2) is 8.42 Å². The minimum Gasteiger partial charge on any atom is -0.333 e. The number of pyridine rings is 1. The highest BCUT2D eigenvalue weighted by Crippen LogP contribution is 2.26. The van der Waals surface area contributed by atoms with Crippen LogP contribution in [0.2, 0.25) is 0 Å². The number of hydrazine groups is 1. The molecule has 0 aromatic carbocycles. The highest BCUT2D eigenvalue weighted by atomic mass is 32.2. The van der Waals surface area contributed by atoms with Gasteiger partial charge in [0.25, 0.3) is 5.91 Å². The molecule has 120 valence electrons. The molecule has 2 fully saturated rings. The van der Waals surface area contributed by atoms with E-state index in [9.17, 15) is 13.2 Å². The standard InChI is InChI=1S/C14H20N4O3S/c1-22(20,21)12-9-16-17-13(12)11-6-4-8-18(11)14(19)10-5-2-3-7-15-10/h2-3,5,7,11-13,16-17H,4,6,8-9H2,1H3. The number of carbonyl (C=O) groups excluding carboxylic acids is 1. The largest absolute Gasteiger partial charge is 0.333 e. The van der Waals surface area contributed by atoms with Crippen molar-refractivity contribution < 1.29 is 13.2 Å². The van der Waals surface area contributed by atoms with Gasteiger partial charge in [0.1, 0.15) is 5.69 Å². The first-order valence-electron chi connectivity index (χ1n) is 7.38. The van der Waals surface area contributed by atoms with E-state index in [1.165, 1.54) is 6.26 Å². The predicted octanol–water partition coefficient (Wildman–Crippen LogP) is -0.424. The zero-order chi connectivity index (χ0) is 15.7. The van der Waals surface area contributed by atoms with Crippen molar-refractivity contribution in [2.45, 2.75) is 30.2 Å². The van der Waals surface area contributed by atoms with Crippen LogP contribution in [-0.2, 0) is 9.84 Å². The number of aromatic nitrogens is 1. The van der Waals surface area contributed by atoms with Gasteiger partial charge in [-0.15, -0.1) is 0 Å². The molecule has 0 aliphatic carbocycles. The van der Waals surface area contributed by atoms with E-state index in [-0.39, 0.29) is 18.0 Å². The average molecular weight is 324 g/mol. The van der Waals surface area contributed by atoms with Crippen molar-refractivity contribution in [3.8, 4) is 0 Å². The van der Waals surface area contributed by atoms with Gasteiger partial charge in [-0.2, -0.15) is 0 Å². The fourth-order valence-electron chi connectivity index (χ4n) is 3.31. The minimum absolute atomic E-state index is 0.135. The number of rotatable bonds is 3. The maximum atomic E-state index is 12.6. The van der Waals surface area contributed by atoms with Gasteiger partial charge in [0.05, 0.1) is 17.3 Å². The molecule has 0 radical (unpaired) electrons. The van der Waals surface area contributed by atoms with Crippen LogP contribution in [-0.4, -0.2) is 60.9 Å². The molecule has 3 rings (SSSR count). The zero-order valence-corrected chi connectivity index (χ0v) is 13.2. The molecule has 2 N–H and O–H groups in total. The van der Waals surface area contributed by atoms with Gasteiger partial charge in [-0.05, 0) is 25.0 Å². The molecule has 0 spiro atoms. The number of amides is 1. The van der Waals surface area contributed by atoms with Gasteiger partial charge in [0, 0.05) is 25.5 Å². The number of hydrogen-bond acceptors (Lipinski definition) is 6. The molecule has 1 amide bonds. The van der Waals surface area contributed by atoms with Crippen molar-refractivity contribution in [2.24, 2.45) is 0 Å². The van der Waals surface area contributed by atoms with Crippen LogP contribution in [0.5, 0.6) is 0 Å². The first-order valence-corrected chi connectivity index (χ1v) is 9.33. The molecule has 0 saturated carbocycles. The maximum Gasteiger partial charge on any atom is 0.272 e. The smallest absolute Gasteiger partial charge is 0.272 e. The zero-order valence-electron chi connectivity index (χ0n) is 12.4. The van der Waals surface area contributed by atoms with E-state index in [1.54, 1.807) is 29.3 Å². The third-order valence-corrected chi connectivity index (χ3v) is 5.94. The van der Waals surface area contributed by atoms with Crippen molar-refractivity contribution in [2.75, 3.05) is 19.3 Å². The summed E-state index contributed by atoms with van der Waals surface area (Å²) in [6.07, 6.45) is 4.51. The quantitative estimate of drug-likeness (QED) is 0.784. The summed E-state index contributed by atoms with van der Waals surface area (Å²) in [5.74, 6) is -0.135. The van der Waals surface area contributed by atoms with Crippen LogP contribution in [0.1, 0.15) is 23.3 Å². The van der Waals surface area contributed by atoms with Crippen molar-refractivity contribution in [3.63, 3.8) is 0 Å². The maximum absolute atomic E-state index is 12.6. The number of nitrogens with one attached hydrogen (secondary N) is 2. The summed E-state index contributed by atoms with van der Waals surface area (Å²) in [6, 6.07) is 4.81. The SMILES string of the molecule is CS(=O)(=O)C1CNNC1C1CCCN1C(=O)c1ccccn1. The third-order valence-electron chi connectivity index (χ3n) is 4.38. The second-order valence-electron chi connectivity index (χ2n) is 5.84. The van der Waals surface area contributed by atoms with Gasteiger partial charge in [-0.3, -0.25) is 20.6 Å². The van der Waals surface area contributed by atoms with E-state index in [4.69, 9.17) is 0 Å². The van der Waals surface area contributed by atoms with Crippen molar-refractivity contribution >= 4 is 15.7 Å². The third kappa shape index (κ3) is 2.86. The molecule has 3 unspecified atom stereocenters. The Bertz CT molecular complexity index is 649. The van der Waals surface area contributed by atoms with E-state index < -0.39 is 15.1 Å². The van der Waals surface area contributed by atoms with E-state index >= 15 is 0 Å². The Kier molecular flexibility index (Phi) is 4.16. The topological polar surface area (TPSA) is 91.4 Å². The van der Waals surface area contributed by atoms with Gasteiger partial charge in [0.2, 0.25) is 0 Å². The Balaban J connectivity index is 1.83. The number of nitrogens with zero attached hydrogens (tertiary/aromatic N) is 2. The summed E-state index contributed by atoms with van der Waals surface area (Å²) in [7, 11) is -3.18. The molecule has 3 atom stereocenters. The molecular formula is C14H20N4O3S. The lowest BCUT2D eigenvalue weighted by Gasteiger charge is -2.31. The van der Waals surface area contributed by atoms with Gasteiger partial charge in [0.15, 0.2) is 9.84 Å². The molecule has 8 heteroatoms. The summed E-state index contributed by atoms with van der Waals surface area (Å²) in [6.45, 7) is 1.00. The molecule has 2 saturated heterocycles. The predicted molar refractivity (Wildman–Crippen MR) is 81.9 cm³/mol. The summed E-state index contributed by atoms with van der Waals surface area (Å²) in [5.41, 5.74) is 6.37. The van der Waals surface area contributed by atoms with Crippen LogP contribution >= 0.6 is 0 Å². The molecule has 1 aromatic rings. The van der Waals surface area contributed by atoms with Crippen LogP contribution in [0.25, 0.3) is 0 Å². The van der Waals surface area contributed by atoms with Gasteiger partial charge < -0.3 is 4.90 Å². The summed E-state index contributed by atoms with van der Waals surface area (Å²) >= 11 is 0. The average Bonchev–Trinajstić information content (AvgIpc) is 3.15. The van der Waals surface area contributed by atoms with Gasteiger partial charge >= 0.3 is 0 Å². The Labute approximate surface area is 130 Å². The number of carbonyl (C=O) groups is 1. The van der Waals surface area contributed by atoms with E-state index in [1.807, 2.05) is 0 Å². The summed E-state index contributed by atoms with van der Waals surface area (Å²) in [5, 5.41) is -0.519. The van der Waals surface area contributed by atoms with Crippen molar-refractivity contribution in [1.29, 1.82) is 0 Å². The number of hydrogen-bond donors (Lipinski definition) is 2. The summed E-state index contributed by atoms with van der Waals surface area (Å²) in [4.78, 5) is 18.5. The second kappa shape index (κ2) is 5.94. The van der Waals surface area contributed by atoms with Crippen LogP contribution in [0.4, 0.5) is 0 Å². The van der Waals surface area contributed by atoms with Crippen LogP contribution in [0, 0.1) is 0 Å². The van der Waals surface area contributed by atoms with Crippen molar-refractivity contribution in [1.82, 2.24) is 20.7 Å². The number of likely N-dealkylation sites (tertiary alicyclic amines) is 1. The first-order chi connectivity index (χ1) is 10.5. The minimum atomic E-state index is -3.18. The van der Waals surface area contributed by atoms with Crippen molar-refractivity contribution in [3.05, 3.63) is 30.1 Å². The van der Waals surface area contributed by atoms with E-state index in [0.717, 1.165) is 12.8 Å². The van der Waals surface area contributed by atoms with E-state index in [2.05, 4.69) is 15.8 Å². The van der Waals surface area contributed by atoms with Crippen LogP contribution in [0.15, 0.2) is 24.4 Å².